The van der Waals surface area contributed by atoms with E-state index in [1.54, 1.807) is 6.08 Å². The highest BCUT2D eigenvalue weighted by atomic mass is 31.2. The van der Waals surface area contributed by atoms with Gasteiger partial charge in [0.15, 0.2) is 0 Å². The maximum atomic E-state index is 13.0. The van der Waals surface area contributed by atoms with Crippen molar-refractivity contribution in [1.82, 2.24) is 5.32 Å². The zero-order chi connectivity index (χ0) is 49.9. The summed E-state index contributed by atoms with van der Waals surface area (Å²) in [6.45, 7) is 4.84. The number of nitrogens with zero attached hydrogens (tertiary/aromatic N) is 1. The fourth-order valence-electron chi connectivity index (χ4n) is 9.00. The lowest BCUT2D eigenvalue weighted by atomic mass is 10.0. The first-order chi connectivity index (χ1) is 33.0. The van der Waals surface area contributed by atoms with Crippen molar-refractivity contribution >= 4 is 13.7 Å². The third kappa shape index (κ3) is 52.8. The summed E-state index contributed by atoms with van der Waals surface area (Å²) in [5.41, 5.74) is 0. The number of allylic oxidation sites excluding steroid dienone is 3. The van der Waals surface area contributed by atoms with Gasteiger partial charge in [-0.05, 0) is 32.1 Å². The summed E-state index contributed by atoms with van der Waals surface area (Å²) in [6, 6.07) is -0.860. The van der Waals surface area contributed by atoms with E-state index in [0.29, 0.717) is 17.4 Å². The number of aliphatic hydroxyl groups excluding tert-OH is 1. The monoisotopic (exact) mass is 982 g/mol. The molecule has 68 heavy (non-hydrogen) atoms. The quantitative estimate of drug-likeness (QED) is 0.0243. The number of quaternary nitrogens is 1. The van der Waals surface area contributed by atoms with Crippen LogP contribution in [0.15, 0.2) is 24.3 Å². The molecule has 0 radical (unpaired) electrons. The number of hydrogen-bond donors (Lipinski definition) is 3. The number of likely N-dealkylation sites (N-methyl/N-ethyl adjacent to an activating group) is 1. The minimum absolute atomic E-state index is 0.0588. The molecular weight excluding hydrogens is 864 g/mol. The molecule has 3 unspecified atom stereocenters. The Bertz CT molecular complexity index is 1160. The van der Waals surface area contributed by atoms with Crippen molar-refractivity contribution in [3.63, 3.8) is 0 Å². The Morgan fingerprint density at radius 1 is 0.485 bits per heavy atom. The number of unbranched alkanes of at least 4 members (excludes halogenated alkanes) is 40. The Kier molecular flexibility index (Phi) is 50.1. The largest absolute Gasteiger partial charge is 0.472 e. The van der Waals surface area contributed by atoms with Gasteiger partial charge in [0.1, 0.15) is 13.2 Å². The van der Waals surface area contributed by atoms with Crippen LogP contribution in [0.25, 0.3) is 0 Å². The molecule has 0 bridgehead atoms. The highest BCUT2D eigenvalue weighted by Gasteiger charge is 2.27. The van der Waals surface area contributed by atoms with E-state index in [1.807, 2.05) is 27.2 Å². The van der Waals surface area contributed by atoms with E-state index in [2.05, 4.69) is 31.3 Å². The lowest BCUT2D eigenvalue weighted by Gasteiger charge is -2.25. The predicted molar refractivity (Wildman–Crippen MR) is 295 cm³/mol. The minimum Gasteiger partial charge on any atom is -0.387 e. The molecule has 8 nitrogen and oxygen atoms in total. The topological polar surface area (TPSA) is 105 Å². The second-order valence-electron chi connectivity index (χ2n) is 21.7. The van der Waals surface area contributed by atoms with Crippen molar-refractivity contribution in [2.24, 2.45) is 0 Å². The molecule has 0 aliphatic rings. The third-order valence-electron chi connectivity index (χ3n) is 13.7. The first-order valence-corrected chi connectivity index (χ1v) is 31.2. The Labute approximate surface area is 424 Å². The summed E-state index contributed by atoms with van der Waals surface area (Å²) >= 11 is 0. The number of phosphoric ester groups is 1. The summed E-state index contributed by atoms with van der Waals surface area (Å²) < 4.78 is 23.7. The average molecular weight is 983 g/mol. The van der Waals surface area contributed by atoms with Crippen LogP contribution < -0.4 is 5.32 Å². The molecule has 0 aromatic carbocycles. The fraction of sp³-hybridized carbons (Fsp3) is 0.915. The zero-order valence-electron chi connectivity index (χ0n) is 46.1. The molecule has 9 heteroatoms. The van der Waals surface area contributed by atoms with Crippen LogP contribution in [-0.2, 0) is 18.4 Å². The van der Waals surface area contributed by atoms with Gasteiger partial charge in [0.05, 0.1) is 39.9 Å². The Hall–Kier alpha value is -1.02. The lowest BCUT2D eigenvalue weighted by Crippen LogP contribution is -2.45. The van der Waals surface area contributed by atoms with Crippen LogP contribution in [0.3, 0.4) is 0 Å². The van der Waals surface area contributed by atoms with Crippen LogP contribution >= 0.6 is 7.82 Å². The number of carbonyl (C=O) groups excluding carboxylic acids is 1. The summed E-state index contributed by atoms with van der Waals surface area (Å²) in [7, 11) is 1.57. The molecule has 0 aromatic heterocycles. The van der Waals surface area contributed by atoms with Crippen LogP contribution in [0.5, 0.6) is 0 Å². The fourth-order valence-corrected chi connectivity index (χ4v) is 9.74. The summed E-state index contributed by atoms with van der Waals surface area (Å²) in [6.07, 6.45) is 64.3. The van der Waals surface area contributed by atoms with Crippen LogP contribution in [0.1, 0.15) is 296 Å². The SMILES string of the molecule is CCCCCCCCCCCCCCCCC/C=C/CC/C=C/C(O)C(COP(=O)(O)OCC[N+](C)(C)C)NC(=O)CCCCCCCCCCCCCCCCCCCCCCCCCCC. The van der Waals surface area contributed by atoms with E-state index in [4.69, 9.17) is 9.05 Å². The number of hydrogen-bond acceptors (Lipinski definition) is 5. The van der Waals surface area contributed by atoms with Crippen LogP contribution in [-0.4, -0.2) is 73.4 Å². The number of aliphatic hydroxyl groups is 1. The van der Waals surface area contributed by atoms with Crippen molar-refractivity contribution in [3.8, 4) is 0 Å². The summed E-state index contributed by atoms with van der Waals surface area (Å²) in [5.74, 6) is -0.180. The summed E-state index contributed by atoms with van der Waals surface area (Å²) in [5, 5.41) is 13.9. The lowest BCUT2D eigenvalue weighted by molar-refractivity contribution is -0.870. The third-order valence-corrected chi connectivity index (χ3v) is 14.7. The van der Waals surface area contributed by atoms with Gasteiger partial charge < -0.3 is 19.8 Å². The highest BCUT2D eigenvalue weighted by Crippen LogP contribution is 2.43. The number of phosphoric acid groups is 1. The van der Waals surface area contributed by atoms with Gasteiger partial charge in [-0.15, -0.1) is 0 Å². The molecule has 0 saturated carbocycles. The van der Waals surface area contributed by atoms with E-state index in [1.165, 1.54) is 238 Å². The van der Waals surface area contributed by atoms with Crippen molar-refractivity contribution in [2.45, 2.75) is 309 Å². The standard InChI is InChI=1S/C59H117N2O6P/c1-6-8-10-12-14-16-18-20-22-24-26-28-29-30-31-33-35-37-39-41-43-45-47-49-51-53-59(63)60-57(56-67-68(64,65)66-55-54-61(3,4)5)58(62)52-50-48-46-44-42-40-38-36-34-32-27-25-23-21-19-17-15-13-11-9-7-2/h42,44,50,52,57-58,62H,6-41,43,45-49,51,53-56H2,1-5H3,(H-,60,63,64,65)/p+1/b44-42+,52-50+. The first kappa shape index (κ1) is 67.0. The van der Waals surface area contributed by atoms with Crippen LogP contribution in [0.2, 0.25) is 0 Å². The minimum atomic E-state index is -4.35. The molecule has 3 N–H and O–H groups in total. The Morgan fingerprint density at radius 3 is 1.18 bits per heavy atom. The van der Waals surface area contributed by atoms with Gasteiger partial charge in [0.2, 0.25) is 5.91 Å². The van der Waals surface area contributed by atoms with Gasteiger partial charge in [-0.2, -0.15) is 0 Å². The second-order valence-corrected chi connectivity index (χ2v) is 23.2. The van der Waals surface area contributed by atoms with Crippen molar-refractivity contribution in [3.05, 3.63) is 24.3 Å². The van der Waals surface area contributed by atoms with Gasteiger partial charge in [-0.25, -0.2) is 4.57 Å². The molecule has 0 aliphatic carbocycles. The molecule has 0 saturated heterocycles. The van der Waals surface area contributed by atoms with E-state index in [9.17, 15) is 19.4 Å². The molecule has 0 fully saturated rings. The summed E-state index contributed by atoms with van der Waals surface area (Å²) in [4.78, 5) is 23.3. The van der Waals surface area contributed by atoms with Crippen molar-refractivity contribution < 1.29 is 32.9 Å². The first-order valence-electron chi connectivity index (χ1n) is 29.7. The number of amides is 1. The van der Waals surface area contributed by atoms with Crippen LogP contribution in [0.4, 0.5) is 0 Å². The maximum absolute atomic E-state index is 13.0. The predicted octanol–water partition coefficient (Wildman–Crippen LogP) is 18.0. The normalized spacial score (nSPS) is 14.0. The van der Waals surface area contributed by atoms with E-state index >= 15 is 0 Å². The Morgan fingerprint density at radius 2 is 0.809 bits per heavy atom. The van der Waals surface area contributed by atoms with Gasteiger partial charge in [0.25, 0.3) is 0 Å². The van der Waals surface area contributed by atoms with E-state index in [0.717, 1.165) is 38.5 Å². The maximum Gasteiger partial charge on any atom is 0.472 e. The molecule has 404 valence electrons. The Balaban J connectivity index is 4.19. The number of nitrogens with one attached hydrogen (secondary N) is 1. The molecule has 3 atom stereocenters. The zero-order valence-corrected chi connectivity index (χ0v) is 47.0. The average Bonchev–Trinajstić information content (AvgIpc) is 3.30. The molecule has 0 aliphatic heterocycles. The molecule has 0 heterocycles. The van der Waals surface area contributed by atoms with Gasteiger partial charge in [-0.1, -0.05) is 282 Å². The van der Waals surface area contributed by atoms with E-state index < -0.39 is 20.0 Å². The number of carbonyl (C=O) groups is 1. The van der Waals surface area contributed by atoms with Crippen LogP contribution in [0, 0.1) is 0 Å². The molecule has 1 amide bonds. The van der Waals surface area contributed by atoms with Gasteiger partial charge >= 0.3 is 7.82 Å². The molecule has 0 spiro atoms. The van der Waals surface area contributed by atoms with Gasteiger partial charge in [0, 0.05) is 6.42 Å². The number of rotatable bonds is 55. The van der Waals surface area contributed by atoms with Crippen molar-refractivity contribution in [2.75, 3.05) is 40.9 Å². The smallest absolute Gasteiger partial charge is 0.387 e. The van der Waals surface area contributed by atoms with Gasteiger partial charge in [-0.3, -0.25) is 13.8 Å². The highest BCUT2D eigenvalue weighted by molar-refractivity contribution is 7.47. The molecular formula is C59H118N2O6P+. The van der Waals surface area contributed by atoms with E-state index in [-0.39, 0.29) is 19.1 Å². The molecule has 0 aromatic rings. The molecule has 0 rings (SSSR count). The van der Waals surface area contributed by atoms with Crippen molar-refractivity contribution in [1.29, 1.82) is 0 Å². The second kappa shape index (κ2) is 50.9.